The molecule has 0 fully saturated rings. The summed E-state index contributed by atoms with van der Waals surface area (Å²) in [7, 11) is 0. The van der Waals surface area contributed by atoms with E-state index < -0.39 is 78.9 Å². The molecule has 0 aromatic carbocycles. The van der Waals surface area contributed by atoms with Crippen LogP contribution in [0.1, 0.15) is 39.5 Å². The van der Waals surface area contributed by atoms with E-state index in [1.807, 2.05) is 0 Å². The molecule has 16 nitrogen and oxygen atoms in total. The van der Waals surface area contributed by atoms with Crippen molar-refractivity contribution in [3.8, 4) is 0 Å². The number of nitrogens with zero attached hydrogens (tertiary/aromatic N) is 1. The highest BCUT2D eigenvalue weighted by Gasteiger charge is 2.33. The zero-order valence-corrected chi connectivity index (χ0v) is 19.5. The second-order valence-corrected chi connectivity index (χ2v) is 7.84. The zero-order valence-electron chi connectivity index (χ0n) is 19.5. The van der Waals surface area contributed by atoms with Crippen molar-refractivity contribution in [3.05, 3.63) is 0 Å². The number of amides is 3. The van der Waals surface area contributed by atoms with Crippen LogP contribution in [0.3, 0.4) is 0 Å². The molecule has 35 heavy (non-hydrogen) atoms. The van der Waals surface area contributed by atoms with E-state index in [2.05, 4.69) is 20.9 Å². The maximum atomic E-state index is 12.7. The molecule has 0 radical (unpaired) electrons. The van der Waals surface area contributed by atoms with Crippen molar-refractivity contribution in [2.24, 2.45) is 22.2 Å². The second-order valence-electron chi connectivity index (χ2n) is 7.84. The summed E-state index contributed by atoms with van der Waals surface area (Å²) in [6, 6.07) is -5.92. The second kappa shape index (κ2) is 15.4. The molecule has 0 saturated heterocycles. The summed E-state index contributed by atoms with van der Waals surface area (Å²) >= 11 is 0. The lowest BCUT2D eigenvalue weighted by Crippen LogP contribution is -2.60. The quantitative estimate of drug-likeness (QED) is 0.0539. The molecule has 0 aliphatic carbocycles. The highest BCUT2D eigenvalue weighted by Crippen LogP contribution is 2.05. The van der Waals surface area contributed by atoms with Crippen molar-refractivity contribution in [2.45, 2.75) is 75.9 Å². The molecule has 0 aliphatic rings. The fourth-order valence-electron chi connectivity index (χ4n) is 2.71. The molecule has 6 unspecified atom stereocenters. The van der Waals surface area contributed by atoms with Crippen LogP contribution < -0.4 is 33.2 Å². The first-order valence-corrected chi connectivity index (χ1v) is 10.7. The van der Waals surface area contributed by atoms with Gasteiger partial charge in [-0.1, -0.05) is 0 Å². The Balaban J connectivity index is 5.48. The van der Waals surface area contributed by atoms with Gasteiger partial charge in [0.1, 0.15) is 24.2 Å². The summed E-state index contributed by atoms with van der Waals surface area (Å²) in [6.45, 7) is 2.51. The lowest BCUT2D eigenvalue weighted by molar-refractivity contribution is -0.143. The van der Waals surface area contributed by atoms with Gasteiger partial charge in [-0.25, -0.2) is 4.79 Å². The molecule has 6 atom stereocenters. The smallest absolute Gasteiger partial charge is 0.326 e. The maximum Gasteiger partial charge on any atom is 0.326 e. The normalized spacial score (nSPS) is 15.9. The topological polar surface area (TPSA) is 293 Å². The van der Waals surface area contributed by atoms with E-state index >= 15 is 0 Å². The first kappa shape index (κ1) is 31.5. The molecular formula is C19H35N7O9. The number of aliphatic hydroxyl groups is 2. The largest absolute Gasteiger partial charge is 0.481 e. The lowest BCUT2D eigenvalue weighted by Gasteiger charge is -2.26. The van der Waals surface area contributed by atoms with E-state index in [4.69, 9.17) is 22.3 Å². The number of carbonyl (C=O) groups is 5. The standard InChI is InChI=1S/C19H35N7O9/c1-8(27)13(20)16(32)26-14(9(2)28)17(33)24-10(5-6-12(29)30)15(31)25-11(18(34)35)4-3-7-23-19(21)22/h8-11,13-14,27-28H,3-7,20H2,1-2H3,(H,24,33)(H,25,31)(H,26,32)(H,29,30)(H,34,35)(H4,21,22,23). The SMILES string of the molecule is CC(O)C(N)C(=O)NC(C(=O)NC(CCC(=O)O)C(=O)NC(CCCN=C(N)N)C(=O)O)C(C)O. The molecule has 0 aromatic heterocycles. The molecule has 200 valence electrons. The van der Waals surface area contributed by atoms with Gasteiger partial charge in [-0.05, 0) is 33.1 Å². The van der Waals surface area contributed by atoms with E-state index in [1.54, 1.807) is 0 Å². The third kappa shape index (κ3) is 12.5. The van der Waals surface area contributed by atoms with E-state index in [1.165, 1.54) is 13.8 Å². The van der Waals surface area contributed by atoms with Crippen LogP contribution in [0.2, 0.25) is 0 Å². The number of nitrogens with two attached hydrogens (primary N) is 3. The van der Waals surface area contributed by atoms with Crippen LogP contribution in [0.4, 0.5) is 0 Å². The summed E-state index contributed by atoms with van der Waals surface area (Å²) in [4.78, 5) is 63.7. The van der Waals surface area contributed by atoms with E-state index in [0.717, 1.165) is 0 Å². The Morgan fingerprint density at radius 2 is 1.40 bits per heavy atom. The number of aliphatic carboxylic acids is 2. The van der Waals surface area contributed by atoms with Gasteiger partial charge >= 0.3 is 11.9 Å². The summed E-state index contributed by atoms with van der Waals surface area (Å²) < 4.78 is 0. The summed E-state index contributed by atoms with van der Waals surface area (Å²) in [5.41, 5.74) is 15.9. The summed E-state index contributed by atoms with van der Waals surface area (Å²) in [6.07, 6.45) is -3.57. The summed E-state index contributed by atoms with van der Waals surface area (Å²) in [5.74, 6) is -5.87. The molecule has 0 rings (SSSR count). The van der Waals surface area contributed by atoms with Crippen LogP contribution in [-0.4, -0.2) is 99.0 Å². The van der Waals surface area contributed by atoms with Crippen molar-refractivity contribution >= 4 is 35.6 Å². The van der Waals surface area contributed by atoms with E-state index in [0.29, 0.717) is 0 Å². The van der Waals surface area contributed by atoms with Gasteiger partial charge < -0.3 is 53.6 Å². The predicted octanol–water partition coefficient (Wildman–Crippen LogP) is -4.47. The number of aliphatic hydroxyl groups excluding tert-OH is 2. The highest BCUT2D eigenvalue weighted by molar-refractivity contribution is 5.94. The Morgan fingerprint density at radius 1 is 0.829 bits per heavy atom. The monoisotopic (exact) mass is 505 g/mol. The van der Waals surface area contributed by atoms with Crippen LogP contribution in [0, 0.1) is 0 Å². The molecule has 3 amide bonds. The Morgan fingerprint density at radius 3 is 1.86 bits per heavy atom. The van der Waals surface area contributed by atoms with Crippen molar-refractivity contribution in [1.82, 2.24) is 16.0 Å². The van der Waals surface area contributed by atoms with Crippen molar-refractivity contribution in [3.63, 3.8) is 0 Å². The molecule has 0 saturated carbocycles. The van der Waals surface area contributed by atoms with Gasteiger partial charge in [-0.2, -0.15) is 0 Å². The molecule has 0 heterocycles. The number of hydrogen-bond donors (Lipinski definition) is 10. The Kier molecular flexibility index (Phi) is 13.9. The minimum atomic E-state index is -1.61. The van der Waals surface area contributed by atoms with Crippen LogP contribution in [0.5, 0.6) is 0 Å². The fraction of sp³-hybridized carbons (Fsp3) is 0.684. The number of rotatable bonds is 16. The van der Waals surface area contributed by atoms with Crippen LogP contribution in [0.25, 0.3) is 0 Å². The number of carboxylic acids is 2. The first-order chi connectivity index (χ1) is 16.2. The Bertz CT molecular complexity index is 785. The molecule has 16 heteroatoms. The third-order valence-electron chi connectivity index (χ3n) is 4.72. The van der Waals surface area contributed by atoms with E-state index in [9.17, 15) is 39.3 Å². The van der Waals surface area contributed by atoms with Crippen molar-refractivity contribution in [2.75, 3.05) is 6.54 Å². The van der Waals surface area contributed by atoms with Gasteiger partial charge in [0.15, 0.2) is 5.96 Å². The van der Waals surface area contributed by atoms with Crippen molar-refractivity contribution < 1.29 is 44.4 Å². The minimum Gasteiger partial charge on any atom is -0.481 e. The van der Waals surface area contributed by atoms with Gasteiger partial charge in [0.25, 0.3) is 0 Å². The van der Waals surface area contributed by atoms with Crippen LogP contribution >= 0.6 is 0 Å². The van der Waals surface area contributed by atoms with Crippen LogP contribution in [0.15, 0.2) is 4.99 Å². The van der Waals surface area contributed by atoms with Gasteiger partial charge in [-0.3, -0.25) is 24.2 Å². The number of hydrogen-bond acceptors (Lipinski definition) is 9. The average molecular weight is 506 g/mol. The molecule has 0 aromatic rings. The Hall–Kier alpha value is -3.50. The number of guanidine groups is 1. The van der Waals surface area contributed by atoms with Gasteiger partial charge in [0.2, 0.25) is 17.7 Å². The molecule has 0 bridgehead atoms. The zero-order chi connectivity index (χ0) is 27.3. The van der Waals surface area contributed by atoms with E-state index in [-0.39, 0.29) is 25.3 Å². The first-order valence-electron chi connectivity index (χ1n) is 10.7. The van der Waals surface area contributed by atoms with Crippen molar-refractivity contribution in [1.29, 1.82) is 0 Å². The number of carboxylic acid groups (broad SMARTS) is 2. The highest BCUT2D eigenvalue weighted by atomic mass is 16.4. The third-order valence-corrected chi connectivity index (χ3v) is 4.72. The number of carbonyl (C=O) groups excluding carboxylic acids is 3. The summed E-state index contributed by atoms with van der Waals surface area (Å²) in [5, 5.41) is 44.3. The minimum absolute atomic E-state index is 0.0684. The number of aliphatic imine (C=N–C) groups is 1. The van der Waals surface area contributed by atoms with Crippen LogP contribution in [-0.2, 0) is 24.0 Å². The lowest BCUT2D eigenvalue weighted by atomic mass is 10.1. The molecular weight excluding hydrogens is 470 g/mol. The van der Waals surface area contributed by atoms with Gasteiger partial charge in [0, 0.05) is 13.0 Å². The van der Waals surface area contributed by atoms with Gasteiger partial charge in [0.05, 0.1) is 12.2 Å². The molecule has 13 N–H and O–H groups in total. The molecule has 0 spiro atoms. The Labute approximate surface area is 201 Å². The predicted molar refractivity (Wildman–Crippen MR) is 122 cm³/mol. The fourth-order valence-corrected chi connectivity index (χ4v) is 2.71. The van der Waals surface area contributed by atoms with Gasteiger partial charge in [-0.15, -0.1) is 0 Å². The number of nitrogens with one attached hydrogen (secondary N) is 3. The average Bonchev–Trinajstić information content (AvgIpc) is 2.74. The molecule has 0 aliphatic heterocycles. The maximum absolute atomic E-state index is 12.7.